The number of rotatable bonds is 13. The van der Waals surface area contributed by atoms with Crippen molar-refractivity contribution >= 4 is 33.7 Å². The largest absolute Gasteiger partial charge is 0.497 e. The van der Waals surface area contributed by atoms with E-state index in [1.54, 1.807) is 60.7 Å². The molecule has 11 heteroatoms. The first kappa shape index (κ1) is 31.8. The molecule has 0 heterocycles. The van der Waals surface area contributed by atoms with Crippen LogP contribution in [0.1, 0.15) is 29.7 Å². The Labute approximate surface area is 257 Å². The van der Waals surface area contributed by atoms with Gasteiger partial charge in [0, 0.05) is 6.07 Å². The van der Waals surface area contributed by atoms with Crippen molar-refractivity contribution in [1.82, 2.24) is 10.7 Å². The molecule has 4 aromatic carbocycles. The fourth-order valence-electron chi connectivity index (χ4n) is 4.17. The molecule has 44 heavy (non-hydrogen) atoms. The molecular weight excluding hydrogens is 580 g/mol. The van der Waals surface area contributed by atoms with Crippen molar-refractivity contribution in [3.05, 3.63) is 120 Å². The summed E-state index contributed by atoms with van der Waals surface area (Å²) in [5.41, 5.74) is 5.21. The number of nitrogens with zero attached hydrogens (tertiary/aromatic N) is 2. The van der Waals surface area contributed by atoms with Gasteiger partial charge >= 0.3 is 0 Å². The lowest BCUT2D eigenvalue weighted by Crippen LogP contribution is -2.39. The molecule has 0 radical (unpaired) electrons. The van der Waals surface area contributed by atoms with Crippen LogP contribution < -0.4 is 24.5 Å². The van der Waals surface area contributed by atoms with Gasteiger partial charge in [0.2, 0.25) is 0 Å². The van der Waals surface area contributed by atoms with Gasteiger partial charge in [-0.2, -0.15) is 5.10 Å². The van der Waals surface area contributed by atoms with Crippen molar-refractivity contribution in [3.63, 3.8) is 0 Å². The molecule has 0 aliphatic carbocycles. The summed E-state index contributed by atoms with van der Waals surface area (Å²) in [5.74, 6) is 0.0429. The zero-order valence-corrected chi connectivity index (χ0v) is 25.5. The van der Waals surface area contributed by atoms with Gasteiger partial charge in [0.1, 0.15) is 18.0 Å². The van der Waals surface area contributed by atoms with Crippen molar-refractivity contribution in [2.24, 2.45) is 5.10 Å². The average Bonchev–Trinajstić information content (AvgIpc) is 3.03. The minimum absolute atomic E-state index is 0.0488. The third kappa shape index (κ3) is 8.68. The molecule has 0 aliphatic rings. The van der Waals surface area contributed by atoms with E-state index in [4.69, 9.17) is 9.47 Å². The second-order valence-corrected chi connectivity index (χ2v) is 11.7. The maximum Gasteiger partial charge on any atom is 0.264 e. The van der Waals surface area contributed by atoms with Crippen LogP contribution in [0.15, 0.2) is 113 Å². The van der Waals surface area contributed by atoms with Crippen molar-refractivity contribution < 1.29 is 27.5 Å². The van der Waals surface area contributed by atoms with Crippen LogP contribution in [0.25, 0.3) is 0 Å². The van der Waals surface area contributed by atoms with E-state index < -0.39 is 22.5 Å². The predicted octanol–water partition coefficient (Wildman–Crippen LogP) is 4.61. The molecule has 0 unspecified atom stereocenters. The molecule has 0 aliphatic heterocycles. The quantitative estimate of drug-likeness (QED) is 0.167. The number of amides is 2. The first-order chi connectivity index (χ1) is 21.2. The van der Waals surface area contributed by atoms with E-state index >= 15 is 0 Å². The Morgan fingerprint density at radius 2 is 1.59 bits per heavy atom. The van der Waals surface area contributed by atoms with Crippen LogP contribution >= 0.6 is 0 Å². The summed E-state index contributed by atoms with van der Waals surface area (Å²) in [4.78, 5) is 25.2. The summed E-state index contributed by atoms with van der Waals surface area (Å²) in [6.45, 7) is 3.10. The van der Waals surface area contributed by atoms with Crippen LogP contribution in [0.4, 0.5) is 5.69 Å². The van der Waals surface area contributed by atoms with E-state index in [9.17, 15) is 18.0 Å². The number of benzene rings is 4. The molecule has 0 saturated heterocycles. The van der Waals surface area contributed by atoms with Gasteiger partial charge in [-0.1, -0.05) is 54.1 Å². The molecule has 0 spiro atoms. The summed E-state index contributed by atoms with van der Waals surface area (Å²) in [5, 5.41) is 6.87. The maximum absolute atomic E-state index is 13.5. The lowest BCUT2D eigenvalue weighted by Gasteiger charge is -2.24. The Bertz CT molecular complexity index is 1690. The van der Waals surface area contributed by atoms with Gasteiger partial charge in [0.25, 0.3) is 21.8 Å². The molecule has 4 rings (SSSR count). The number of hydrogen-bond acceptors (Lipinski definition) is 7. The number of aryl methyl sites for hydroxylation is 1. The number of hydrogen-bond donors (Lipinski definition) is 2. The predicted molar refractivity (Wildman–Crippen MR) is 169 cm³/mol. The summed E-state index contributed by atoms with van der Waals surface area (Å²) < 4.78 is 38.9. The third-order valence-electron chi connectivity index (χ3n) is 6.57. The highest BCUT2D eigenvalue weighted by atomic mass is 32.2. The average molecular weight is 615 g/mol. The van der Waals surface area contributed by atoms with Crippen LogP contribution in [-0.2, 0) is 19.6 Å². The fraction of sp³-hybridized carbons (Fsp3) is 0.182. The second kappa shape index (κ2) is 14.8. The summed E-state index contributed by atoms with van der Waals surface area (Å²) in [6, 6.07) is 29.1. The van der Waals surface area contributed by atoms with Gasteiger partial charge in [0.15, 0.2) is 6.61 Å². The van der Waals surface area contributed by atoms with E-state index in [0.29, 0.717) is 17.1 Å². The Balaban J connectivity index is 1.35. The van der Waals surface area contributed by atoms with Crippen LogP contribution in [0.2, 0.25) is 0 Å². The maximum atomic E-state index is 13.5. The van der Waals surface area contributed by atoms with Crippen LogP contribution in [0.3, 0.4) is 0 Å². The minimum atomic E-state index is -4.08. The SMILES string of the molecule is COc1cccc(N(CC(=O)N/N=C\c2ccc(OCC(=O)N[C@@H](C)c3ccccc3)cc2)S(=O)(=O)c2ccc(C)cc2)c1. The highest BCUT2D eigenvalue weighted by molar-refractivity contribution is 7.92. The Morgan fingerprint density at radius 3 is 2.27 bits per heavy atom. The second-order valence-electron chi connectivity index (χ2n) is 9.88. The first-order valence-corrected chi connectivity index (χ1v) is 15.2. The molecule has 4 aromatic rings. The fourth-order valence-corrected chi connectivity index (χ4v) is 5.58. The number of nitrogens with one attached hydrogen (secondary N) is 2. The standard InChI is InChI=1S/C33H34N4O6S/c1-24-12-18-31(19-13-24)44(40,41)37(28-10-7-11-30(20-28)42-3)22-32(38)36-34-21-26-14-16-29(17-15-26)43-23-33(39)35-25(2)27-8-5-4-6-9-27/h4-21,25H,22-23H2,1-3H3,(H,35,39)(H,36,38)/b34-21-/t25-/m0/s1. The Hall–Kier alpha value is -5.16. The topological polar surface area (TPSA) is 126 Å². The normalized spacial score (nSPS) is 11.9. The summed E-state index contributed by atoms with van der Waals surface area (Å²) in [7, 11) is -2.61. The Morgan fingerprint density at radius 1 is 0.886 bits per heavy atom. The molecule has 0 fully saturated rings. The molecule has 0 aromatic heterocycles. The highest BCUT2D eigenvalue weighted by Gasteiger charge is 2.27. The van der Waals surface area contributed by atoms with E-state index in [-0.39, 0.29) is 29.1 Å². The zero-order chi connectivity index (χ0) is 31.5. The van der Waals surface area contributed by atoms with E-state index in [2.05, 4.69) is 15.8 Å². The van der Waals surface area contributed by atoms with Crippen molar-refractivity contribution in [1.29, 1.82) is 0 Å². The Kier molecular flexibility index (Phi) is 10.7. The van der Waals surface area contributed by atoms with Crippen LogP contribution in [0, 0.1) is 6.92 Å². The summed E-state index contributed by atoms with van der Waals surface area (Å²) >= 11 is 0. The van der Waals surface area contributed by atoms with E-state index in [1.807, 2.05) is 44.2 Å². The van der Waals surface area contributed by atoms with E-state index in [1.165, 1.54) is 25.5 Å². The van der Waals surface area contributed by atoms with Gasteiger partial charge in [-0.3, -0.25) is 13.9 Å². The molecule has 0 bridgehead atoms. The molecule has 1 atom stereocenters. The number of methoxy groups -OCH3 is 1. The monoisotopic (exact) mass is 614 g/mol. The lowest BCUT2D eigenvalue weighted by atomic mass is 10.1. The number of ether oxygens (including phenoxy) is 2. The van der Waals surface area contributed by atoms with Crippen molar-refractivity contribution in [3.8, 4) is 11.5 Å². The number of carbonyl (C=O) groups is 2. The molecule has 0 saturated carbocycles. The molecule has 2 N–H and O–H groups in total. The van der Waals surface area contributed by atoms with Gasteiger partial charge in [-0.15, -0.1) is 0 Å². The number of hydrazone groups is 1. The zero-order valence-electron chi connectivity index (χ0n) is 24.6. The molecular formula is C33H34N4O6S. The van der Waals surface area contributed by atoms with Gasteiger partial charge in [-0.05, 0) is 73.5 Å². The number of sulfonamides is 1. The smallest absolute Gasteiger partial charge is 0.264 e. The molecule has 10 nitrogen and oxygen atoms in total. The van der Waals surface area contributed by atoms with Crippen molar-refractivity contribution in [2.45, 2.75) is 24.8 Å². The molecule has 228 valence electrons. The third-order valence-corrected chi connectivity index (χ3v) is 8.36. The van der Waals surface area contributed by atoms with Crippen molar-refractivity contribution in [2.75, 3.05) is 24.6 Å². The number of anilines is 1. The number of carbonyl (C=O) groups excluding carboxylic acids is 2. The first-order valence-electron chi connectivity index (χ1n) is 13.8. The van der Waals surface area contributed by atoms with Gasteiger partial charge in [0.05, 0.1) is 29.9 Å². The highest BCUT2D eigenvalue weighted by Crippen LogP contribution is 2.27. The van der Waals surface area contributed by atoms with Crippen LogP contribution in [0.5, 0.6) is 11.5 Å². The van der Waals surface area contributed by atoms with Gasteiger partial charge in [-0.25, -0.2) is 13.8 Å². The lowest BCUT2D eigenvalue weighted by molar-refractivity contribution is -0.123. The molecule has 2 amide bonds. The van der Waals surface area contributed by atoms with Crippen LogP contribution in [-0.4, -0.2) is 46.7 Å². The summed E-state index contributed by atoms with van der Waals surface area (Å²) in [6.07, 6.45) is 1.42. The van der Waals surface area contributed by atoms with Gasteiger partial charge < -0.3 is 14.8 Å². The minimum Gasteiger partial charge on any atom is -0.497 e. The van der Waals surface area contributed by atoms with E-state index in [0.717, 1.165) is 15.4 Å².